The second-order valence-corrected chi connectivity index (χ2v) is 31.4. The first-order valence-corrected chi connectivity index (χ1v) is 43.4. The van der Waals surface area contributed by atoms with Gasteiger partial charge in [-0.05, 0) is 357 Å². The average Bonchev–Trinajstić information content (AvgIpc) is 0.868. The number of nitrogens with two attached hydrogens (primary N) is 12. The molecule has 30 N–H and O–H groups in total. The number of esters is 4. The molecule has 0 atom stereocenters. The second-order valence-electron chi connectivity index (χ2n) is 26.3. The Hall–Kier alpha value is -13.9. The summed E-state index contributed by atoms with van der Waals surface area (Å²) >= 11 is 55.5. The van der Waals surface area contributed by atoms with E-state index in [-0.39, 0.29) is 87.6 Å². The fourth-order valence-corrected chi connectivity index (χ4v) is 8.44. The molecule has 0 aromatic heterocycles. The number of rotatable bonds is 30. The van der Waals surface area contributed by atoms with E-state index in [9.17, 15) is 67.1 Å². The quantitative estimate of drug-likeness (QED) is 0.00497. The fourth-order valence-electron chi connectivity index (χ4n) is 7.54. The minimum absolute atomic E-state index is 0.000000000000000222. The second kappa shape index (κ2) is 79.3. The fraction of sp³-hybridized carbons (Fsp3) is 0.178. The molecule has 36 nitrogen and oxygen atoms in total. The number of nitrogens with one attached hydrogen (secondary N) is 6. The number of unbranched alkanes of at least 4 members (excludes halogenated alkanes) is 4. The Morgan fingerprint density at radius 2 is 0.529 bits per heavy atom. The molecular weight excluding hydrogens is 2020 g/mol. The van der Waals surface area contributed by atoms with Gasteiger partial charge in [0, 0.05) is 91.0 Å². The molecule has 0 fully saturated rings. The summed E-state index contributed by atoms with van der Waals surface area (Å²) < 4.78 is 19.6. The smallest absolute Gasteiger partial charge is 0.338 e. The van der Waals surface area contributed by atoms with Crippen molar-refractivity contribution in [2.24, 2.45) is 68.8 Å². The highest BCUT2D eigenvalue weighted by Gasteiger charge is 2.14. The molecule has 0 heterocycles. The Balaban J connectivity index is -0.000000353. The van der Waals surface area contributed by atoms with Gasteiger partial charge in [0.15, 0.2) is 40.9 Å². The SMILES string of the molecule is C=C(C)C(=O)Nc1ccc(C(=O)Cl)cc1.C=C(C)C(=O)Nc1ccc(C(=O)NC(N)=S)cc1.C=C(C)C(=O)OCCCCCC(=O)Cl.C=C(C)C(=O)OCCCCCC(=O)NC(N)=S.C=C(C)C(=O)Oc1ccc(C(=O)Cl)cc1.C=C(C)C(=O)Oc1ccc(C(=O)NC(N)=S)cc1.C=Cc1ccc(C(=O)Cl)cc1.C=Cc1ccc(C(=O)NC(N)=S)cc1.NC(N)=S.NC(N)=S.NC(N)=S.NC(N)=S. The average molecular weight is 2130 g/mol. The van der Waals surface area contributed by atoms with Crippen LogP contribution < -0.4 is 110 Å². The normalized spacial score (nSPS) is 9.00. The minimum Gasteiger partial charge on any atom is -0.462 e. The topological polar surface area (TPSA) is 660 Å². The van der Waals surface area contributed by atoms with Crippen molar-refractivity contribution in [1.29, 1.82) is 0 Å². The molecule has 0 radical (unpaired) electrons. The van der Waals surface area contributed by atoms with Gasteiger partial charge < -0.3 is 104 Å². The Morgan fingerprint density at radius 3 is 0.754 bits per heavy atom. The lowest BCUT2D eigenvalue weighted by Crippen LogP contribution is -2.34. The van der Waals surface area contributed by atoms with Crippen LogP contribution in [0.3, 0.4) is 0 Å². The van der Waals surface area contributed by atoms with Gasteiger partial charge in [0.2, 0.25) is 11.1 Å². The molecule has 0 saturated carbocycles. The number of ether oxygens (including phenoxy) is 4. The van der Waals surface area contributed by atoms with Crippen molar-refractivity contribution >= 4 is 289 Å². The Labute approximate surface area is 862 Å². The van der Waals surface area contributed by atoms with Gasteiger partial charge in [-0.3, -0.25) is 63.9 Å². The first-order chi connectivity index (χ1) is 64.1. The molecule has 0 unspecified atom stereocenters. The molecule has 6 rings (SSSR count). The van der Waals surface area contributed by atoms with Crippen LogP contribution >= 0.6 is 144 Å². The first kappa shape index (κ1) is 135. The van der Waals surface area contributed by atoms with Gasteiger partial charge in [-0.25, -0.2) is 19.2 Å². The zero-order chi connectivity index (χ0) is 108. The van der Waals surface area contributed by atoms with Gasteiger partial charge in [-0.15, -0.1) is 0 Å². The molecule has 0 spiro atoms. The maximum atomic E-state index is 11.5. The summed E-state index contributed by atoms with van der Waals surface area (Å²) in [5, 5.41) is 12.5. The highest BCUT2D eigenvalue weighted by molar-refractivity contribution is 7.81. The third-order valence-electron chi connectivity index (χ3n) is 13.8. The molecule has 0 aliphatic carbocycles. The Kier molecular flexibility index (Phi) is 77.5. The van der Waals surface area contributed by atoms with Crippen LogP contribution in [0.25, 0.3) is 12.2 Å². The zero-order valence-corrected chi connectivity index (χ0v) is 85.3. The van der Waals surface area contributed by atoms with E-state index in [4.69, 9.17) is 88.3 Å². The molecule has 6 amide bonds. The van der Waals surface area contributed by atoms with Gasteiger partial charge in [0.1, 0.15) is 11.5 Å². The van der Waals surface area contributed by atoms with Gasteiger partial charge in [0.25, 0.3) is 45.3 Å². The third-order valence-corrected chi connectivity index (χ3v) is 15.1. The number of carbonyl (C=O) groups is 14. The molecular formula is C90H110Cl4N18O18S8. The number of carbonyl (C=O) groups excluding carboxylic acids is 14. The summed E-state index contributed by atoms with van der Waals surface area (Å²) in [5.41, 5.74) is 65.5. The maximum absolute atomic E-state index is 11.5. The van der Waals surface area contributed by atoms with E-state index in [2.05, 4.69) is 228 Å². The number of amides is 6. The molecule has 138 heavy (non-hydrogen) atoms. The Bertz CT molecular complexity index is 5070. The van der Waals surface area contributed by atoms with Crippen LogP contribution in [0, 0.1) is 0 Å². The summed E-state index contributed by atoms with van der Waals surface area (Å²) in [6.07, 6.45) is 8.73. The van der Waals surface area contributed by atoms with E-state index in [0.29, 0.717) is 122 Å². The van der Waals surface area contributed by atoms with E-state index < -0.39 is 33.6 Å². The standard InChI is InChI=1S/C12H13N3O2S.C12H12N2O3S.C11H10ClNO2.C11H9ClO3.C11H18N2O3S.C10H15ClO3.C10H10N2OS.C9H7ClO.4CH4N2S/c1-7(2)10(16)14-9-5-3-8(4-6-9)11(17)15-12(13)18;1-7(2)11(16)17-9-5-3-8(4-6-9)10(15)14-12(13)18;1-7(2)11(15)13-9-5-3-8(4-6-9)10(12)14;1-7(2)11(14)15-9-5-3-8(4-6-9)10(12)13;1-8(2)10(15)16-7-5-3-4-6-9(14)13-11(12)17;1-8(2)10(13)14-7-5-3-4-6-9(11)12;1-2-7-3-5-8(6-4-7)9(13)12-10(11)14;1-2-7-3-5-8(6-4-7)9(10)11;4*2-1(3)4/h3-6H,1H2,2H3,(H,14,16)(H3,13,15,17,18);3-6H,1H2,2H3,(H3,13,14,15,18);3-6H,1H2,2H3,(H,13,15);3-6H,1H2,2H3;1,3-7H2,2H3,(H3,12,13,14,17);1,3-7H2,2H3;2-6H,1H2,(H3,11,12,13,14);2-6H,1H2;4*(H4,2,3,4). The monoisotopic (exact) mass is 2130 g/mol. The number of hydrogen-bond donors (Lipinski definition) is 18. The number of hydrogen-bond acceptors (Lipinski definition) is 26. The van der Waals surface area contributed by atoms with Crippen LogP contribution in [-0.2, 0) is 47.8 Å². The van der Waals surface area contributed by atoms with Crippen molar-refractivity contribution in [2.45, 2.75) is 92.9 Å². The van der Waals surface area contributed by atoms with Crippen LogP contribution in [0.5, 0.6) is 11.5 Å². The lowest BCUT2D eigenvalue weighted by atomic mass is 10.1. The van der Waals surface area contributed by atoms with Gasteiger partial charge in [-0.1, -0.05) is 89.0 Å². The highest BCUT2D eigenvalue weighted by Crippen LogP contribution is 2.18. The number of thiocarbonyl (C=S) groups is 8. The van der Waals surface area contributed by atoms with Crippen molar-refractivity contribution in [3.63, 3.8) is 0 Å². The van der Waals surface area contributed by atoms with E-state index in [0.717, 1.165) is 43.2 Å². The number of benzene rings is 6. The maximum Gasteiger partial charge on any atom is 0.338 e. The van der Waals surface area contributed by atoms with Crippen molar-refractivity contribution in [3.8, 4) is 11.5 Å². The highest BCUT2D eigenvalue weighted by atomic mass is 35.5. The van der Waals surface area contributed by atoms with Gasteiger partial charge >= 0.3 is 23.9 Å². The lowest BCUT2D eigenvalue weighted by Gasteiger charge is -2.06. The van der Waals surface area contributed by atoms with Crippen molar-refractivity contribution in [1.82, 2.24) is 21.3 Å². The summed E-state index contributed by atoms with van der Waals surface area (Å²) in [4.78, 5) is 155. The van der Waals surface area contributed by atoms with Gasteiger partial charge in [0.05, 0.1) is 13.2 Å². The molecule has 744 valence electrons. The predicted octanol–water partition coefficient (Wildman–Crippen LogP) is 11.7. The van der Waals surface area contributed by atoms with Crippen LogP contribution in [0.15, 0.2) is 232 Å². The molecule has 48 heteroatoms. The van der Waals surface area contributed by atoms with Crippen molar-refractivity contribution in [3.05, 3.63) is 276 Å². The molecule has 0 saturated heterocycles. The molecule has 6 aromatic carbocycles. The third kappa shape index (κ3) is 81.6. The summed E-state index contributed by atoms with van der Waals surface area (Å²) in [6, 6.07) is 38.5. The van der Waals surface area contributed by atoms with E-state index in [1.165, 1.54) is 48.5 Å². The van der Waals surface area contributed by atoms with E-state index in [1.54, 1.807) is 151 Å². The van der Waals surface area contributed by atoms with Crippen LogP contribution in [-0.4, -0.2) is 134 Å². The van der Waals surface area contributed by atoms with Crippen molar-refractivity contribution in [2.75, 3.05) is 23.8 Å². The van der Waals surface area contributed by atoms with E-state index >= 15 is 0 Å². The Morgan fingerprint density at radius 1 is 0.304 bits per heavy atom. The molecule has 6 aromatic rings. The van der Waals surface area contributed by atoms with Crippen LogP contribution in [0.1, 0.15) is 166 Å². The summed E-state index contributed by atoms with van der Waals surface area (Å²) in [5.74, 6) is -2.88. The van der Waals surface area contributed by atoms with Crippen LogP contribution in [0.2, 0.25) is 0 Å². The minimum atomic E-state index is -0.548. The zero-order valence-electron chi connectivity index (χ0n) is 75.8. The van der Waals surface area contributed by atoms with Gasteiger partial charge in [-0.2, -0.15) is 0 Å². The molecule has 0 bridgehead atoms. The van der Waals surface area contributed by atoms with Crippen LogP contribution in [0.4, 0.5) is 11.4 Å². The predicted molar refractivity (Wildman–Crippen MR) is 578 cm³/mol. The van der Waals surface area contributed by atoms with E-state index in [1.807, 2.05) is 0 Å². The number of anilines is 2. The summed E-state index contributed by atoms with van der Waals surface area (Å²) in [7, 11) is 0. The lowest BCUT2D eigenvalue weighted by molar-refractivity contribution is -0.139. The van der Waals surface area contributed by atoms with Crippen molar-refractivity contribution < 1.29 is 86.1 Å². The molecule has 0 aliphatic rings. The number of halogens is 4. The largest absolute Gasteiger partial charge is 0.462 e. The molecule has 0 aliphatic heterocycles. The summed E-state index contributed by atoms with van der Waals surface area (Å²) in [6.45, 7) is 38.3. The first-order valence-electron chi connectivity index (χ1n) is 38.7.